The molecule has 1 heterocycles. The van der Waals surface area contributed by atoms with E-state index in [1.807, 2.05) is 18.2 Å². The summed E-state index contributed by atoms with van der Waals surface area (Å²) in [6.07, 6.45) is 0. The Hall–Kier alpha value is -2.59. The molecule has 2 aromatic rings. The fraction of sp³-hybridized carbons (Fsp3) is 0.154. The van der Waals surface area contributed by atoms with Crippen LogP contribution in [-0.4, -0.2) is 11.5 Å². The van der Waals surface area contributed by atoms with Crippen LogP contribution in [0.3, 0.4) is 0 Å². The van der Waals surface area contributed by atoms with Gasteiger partial charge in [-0.3, -0.25) is 10.1 Å². The second kappa shape index (κ2) is 6.54. The van der Waals surface area contributed by atoms with Crippen molar-refractivity contribution in [2.75, 3.05) is 11.9 Å². The van der Waals surface area contributed by atoms with Crippen molar-refractivity contribution < 1.29 is 9.66 Å². The van der Waals surface area contributed by atoms with Gasteiger partial charge in [0.25, 0.3) is 0 Å². The highest BCUT2D eigenvalue weighted by Crippen LogP contribution is 2.25. The number of anilines is 1. The summed E-state index contributed by atoms with van der Waals surface area (Å²) in [4.78, 5) is 11.1. The summed E-state index contributed by atoms with van der Waals surface area (Å²) >= 11 is 1.14. The zero-order chi connectivity index (χ0) is 14.4. The van der Waals surface area contributed by atoms with E-state index in [9.17, 15) is 10.1 Å². The second-order valence-electron chi connectivity index (χ2n) is 3.83. The molecule has 2 rings (SSSR count). The van der Waals surface area contributed by atoms with E-state index >= 15 is 0 Å². The number of nitrogens with one attached hydrogen (secondary N) is 1. The van der Waals surface area contributed by atoms with Crippen LogP contribution in [-0.2, 0) is 6.54 Å². The lowest BCUT2D eigenvalue weighted by Crippen LogP contribution is -1.98. The molecule has 0 aliphatic heterocycles. The Balaban J connectivity index is 1.96. The Morgan fingerprint density at radius 2 is 2.25 bits per heavy atom. The van der Waals surface area contributed by atoms with Crippen molar-refractivity contribution in [1.82, 2.24) is 0 Å². The van der Waals surface area contributed by atoms with Gasteiger partial charge >= 0.3 is 5.00 Å². The third-order valence-corrected chi connectivity index (χ3v) is 3.47. The summed E-state index contributed by atoms with van der Waals surface area (Å²) in [6, 6.07) is 12.3. The number of hydrogen-bond donors (Lipinski definition) is 1. The van der Waals surface area contributed by atoms with Gasteiger partial charge in [0.15, 0.2) is 6.61 Å². The fourth-order valence-corrected chi connectivity index (χ4v) is 2.32. The molecule has 0 radical (unpaired) electrons. The van der Waals surface area contributed by atoms with Crippen LogP contribution in [0.2, 0.25) is 0 Å². The number of ether oxygens (including phenoxy) is 1. The average Bonchev–Trinajstić information content (AvgIpc) is 2.92. The Labute approximate surface area is 119 Å². The Morgan fingerprint density at radius 3 is 2.95 bits per heavy atom. The molecule has 0 bridgehead atoms. The lowest BCUT2D eigenvalue weighted by Gasteiger charge is -2.07. The predicted octanol–water partition coefficient (Wildman–Crippen LogP) is 3.17. The Kier molecular flexibility index (Phi) is 4.52. The molecule has 0 spiro atoms. The van der Waals surface area contributed by atoms with Crippen molar-refractivity contribution in [2.24, 2.45) is 0 Å². The third-order valence-electron chi connectivity index (χ3n) is 2.43. The van der Waals surface area contributed by atoms with E-state index in [-0.39, 0.29) is 11.6 Å². The quantitative estimate of drug-likeness (QED) is 0.651. The molecular formula is C13H11N3O3S. The molecule has 0 atom stereocenters. The van der Waals surface area contributed by atoms with E-state index < -0.39 is 4.92 Å². The van der Waals surface area contributed by atoms with Crippen LogP contribution in [0.1, 0.15) is 4.88 Å². The number of benzene rings is 1. The van der Waals surface area contributed by atoms with E-state index in [0.29, 0.717) is 12.3 Å². The standard InChI is InChI=1S/C13H11N3O3S/c14-6-7-19-11-3-1-2-10(8-11)15-9-12-4-5-13(20-12)16(17)18/h1-5,8,15H,7,9H2. The van der Waals surface area contributed by atoms with E-state index in [0.717, 1.165) is 21.9 Å². The monoisotopic (exact) mass is 289 g/mol. The zero-order valence-electron chi connectivity index (χ0n) is 10.4. The van der Waals surface area contributed by atoms with E-state index in [1.165, 1.54) is 6.07 Å². The fourth-order valence-electron chi connectivity index (χ4n) is 1.56. The van der Waals surface area contributed by atoms with Gasteiger partial charge in [-0.15, -0.1) is 0 Å². The van der Waals surface area contributed by atoms with Crippen LogP contribution in [0.5, 0.6) is 5.75 Å². The highest BCUT2D eigenvalue weighted by atomic mass is 32.1. The van der Waals surface area contributed by atoms with E-state index in [1.54, 1.807) is 18.2 Å². The van der Waals surface area contributed by atoms with E-state index in [2.05, 4.69) is 5.32 Å². The molecule has 6 nitrogen and oxygen atoms in total. The lowest BCUT2D eigenvalue weighted by atomic mass is 10.3. The first-order valence-corrected chi connectivity index (χ1v) is 6.57. The number of thiophene rings is 1. The molecule has 0 amide bonds. The van der Waals surface area contributed by atoms with Crippen LogP contribution in [0, 0.1) is 21.4 Å². The van der Waals surface area contributed by atoms with Crippen molar-refractivity contribution in [1.29, 1.82) is 5.26 Å². The largest absolute Gasteiger partial charge is 0.479 e. The van der Waals surface area contributed by atoms with Gasteiger partial charge in [0.2, 0.25) is 0 Å². The van der Waals surface area contributed by atoms with E-state index in [4.69, 9.17) is 10.00 Å². The van der Waals surface area contributed by atoms with Crippen molar-refractivity contribution in [3.63, 3.8) is 0 Å². The van der Waals surface area contributed by atoms with Crippen LogP contribution >= 0.6 is 11.3 Å². The molecule has 7 heteroatoms. The normalized spacial score (nSPS) is 9.75. The Morgan fingerprint density at radius 1 is 1.40 bits per heavy atom. The SMILES string of the molecule is N#CCOc1cccc(NCc2ccc([N+](=O)[O-])s2)c1. The molecule has 0 fully saturated rings. The summed E-state index contributed by atoms with van der Waals surface area (Å²) in [5, 5.41) is 22.3. The Bertz CT molecular complexity index is 648. The predicted molar refractivity (Wildman–Crippen MR) is 75.9 cm³/mol. The minimum Gasteiger partial charge on any atom is -0.479 e. The minimum atomic E-state index is -0.398. The lowest BCUT2D eigenvalue weighted by molar-refractivity contribution is -0.380. The first-order valence-electron chi connectivity index (χ1n) is 5.76. The maximum atomic E-state index is 10.6. The van der Waals surface area contributed by atoms with Crippen molar-refractivity contribution in [3.8, 4) is 11.8 Å². The van der Waals surface area contributed by atoms with Crippen LogP contribution < -0.4 is 10.1 Å². The van der Waals surface area contributed by atoms with Crippen molar-refractivity contribution in [2.45, 2.75) is 6.54 Å². The van der Waals surface area contributed by atoms with Crippen LogP contribution in [0.15, 0.2) is 36.4 Å². The number of rotatable bonds is 6. The smallest absolute Gasteiger partial charge is 0.324 e. The maximum absolute atomic E-state index is 10.6. The molecule has 0 aliphatic rings. The number of nitro groups is 1. The molecule has 0 saturated heterocycles. The molecular weight excluding hydrogens is 278 g/mol. The first kappa shape index (κ1) is 13.8. The summed E-state index contributed by atoms with van der Waals surface area (Å²) < 4.78 is 5.20. The third kappa shape index (κ3) is 3.70. The average molecular weight is 289 g/mol. The molecule has 20 heavy (non-hydrogen) atoms. The topological polar surface area (TPSA) is 88.2 Å². The van der Waals surface area contributed by atoms with Crippen LogP contribution in [0.25, 0.3) is 0 Å². The number of nitrogens with zero attached hydrogens (tertiary/aromatic N) is 2. The minimum absolute atomic E-state index is 0.000568. The number of hydrogen-bond acceptors (Lipinski definition) is 6. The maximum Gasteiger partial charge on any atom is 0.324 e. The number of nitriles is 1. The molecule has 1 aromatic heterocycles. The van der Waals surface area contributed by atoms with Gasteiger partial charge in [-0.2, -0.15) is 5.26 Å². The highest BCUT2D eigenvalue weighted by molar-refractivity contribution is 7.15. The molecule has 1 N–H and O–H groups in total. The van der Waals surface area contributed by atoms with Gasteiger partial charge in [-0.1, -0.05) is 17.4 Å². The first-order chi connectivity index (χ1) is 9.69. The summed E-state index contributed by atoms with van der Waals surface area (Å²) in [5.74, 6) is 0.605. The van der Waals surface area contributed by atoms with Gasteiger partial charge in [0, 0.05) is 29.2 Å². The van der Waals surface area contributed by atoms with Gasteiger partial charge in [0.05, 0.1) is 4.92 Å². The van der Waals surface area contributed by atoms with Gasteiger partial charge < -0.3 is 10.1 Å². The van der Waals surface area contributed by atoms with Crippen LogP contribution in [0.4, 0.5) is 10.7 Å². The summed E-state index contributed by atoms with van der Waals surface area (Å²) in [5.41, 5.74) is 0.830. The highest BCUT2D eigenvalue weighted by Gasteiger charge is 2.09. The second-order valence-corrected chi connectivity index (χ2v) is 4.97. The molecule has 0 aliphatic carbocycles. The van der Waals surface area contributed by atoms with Gasteiger partial charge in [-0.05, 0) is 18.2 Å². The molecule has 1 aromatic carbocycles. The molecule has 0 unspecified atom stereocenters. The van der Waals surface area contributed by atoms with Crippen molar-refractivity contribution >= 4 is 22.0 Å². The molecule has 102 valence electrons. The summed E-state index contributed by atoms with van der Waals surface area (Å²) in [6.45, 7) is 0.501. The van der Waals surface area contributed by atoms with Gasteiger partial charge in [0.1, 0.15) is 11.8 Å². The van der Waals surface area contributed by atoms with Gasteiger partial charge in [-0.25, -0.2) is 0 Å². The summed E-state index contributed by atoms with van der Waals surface area (Å²) in [7, 11) is 0. The van der Waals surface area contributed by atoms with Crippen molar-refractivity contribution in [3.05, 3.63) is 51.4 Å². The zero-order valence-corrected chi connectivity index (χ0v) is 11.2. The molecule has 0 saturated carbocycles.